The molecular formula is C42H52Cl2N2Ni. The van der Waals surface area contributed by atoms with Crippen LogP contribution in [-0.4, -0.2) is 11.9 Å². The van der Waals surface area contributed by atoms with Crippen LogP contribution in [0.2, 0.25) is 0 Å². The van der Waals surface area contributed by atoms with Crippen LogP contribution in [0.4, 0.5) is 11.4 Å². The average molecular weight is 714 g/mol. The van der Waals surface area contributed by atoms with Crippen LogP contribution in [0.5, 0.6) is 0 Å². The van der Waals surface area contributed by atoms with Gasteiger partial charge in [0.15, 0.2) is 0 Å². The molecule has 0 amide bonds. The maximum absolute atomic E-state index is 5.14. The standard InChI is InChI=1S/C42H52N2.2ClH.Ni/c1-5-9-12-15-26-37-30-40(29-36(21-11-7-3)42(37)35-24-18-14-19-25-35)43-32-39(8-4)44-41-28-33(20-10-6-2)27-38(31-41)34-22-16-13-17-23-34;;;/h13-14,16-19,22-25,27-32H,5-12,15,20-21,26H2,1-4H3;2*1H;/q;;;+2/p-2. The zero-order chi connectivity index (χ0) is 33.7. The van der Waals surface area contributed by atoms with Gasteiger partial charge in [-0.1, -0.05) is 127 Å². The molecule has 0 aliphatic heterocycles. The van der Waals surface area contributed by atoms with Crippen LogP contribution in [0.15, 0.2) is 101 Å². The fraction of sp³-hybridized carbons (Fsp3) is 0.381. The summed E-state index contributed by atoms with van der Waals surface area (Å²) < 4.78 is 0. The number of halogens is 2. The average Bonchev–Trinajstić information content (AvgIpc) is 3.11. The molecule has 0 bridgehead atoms. The Morgan fingerprint density at radius 2 is 1.17 bits per heavy atom. The van der Waals surface area contributed by atoms with Gasteiger partial charge in [0.25, 0.3) is 0 Å². The number of unbranched alkanes of at least 4 members (excludes halogenated alkanes) is 5. The van der Waals surface area contributed by atoms with Crippen LogP contribution in [0.3, 0.4) is 0 Å². The number of aryl methyl sites for hydroxylation is 3. The van der Waals surface area contributed by atoms with Crippen LogP contribution in [0, 0.1) is 0 Å². The summed E-state index contributed by atoms with van der Waals surface area (Å²) >= 11 is 0.569. The molecule has 0 unspecified atom stereocenters. The van der Waals surface area contributed by atoms with Gasteiger partial charge in [-0.05, 0) is 108 Å². The molecule has 47 heavy (non-hydrogen) atoms. The Labute approximate surface area is 299 Å². The molecular weight excluding hydrogens is 662 g/mol. The van der Waals surface area contributed by atoms with Crippen molar-refractivity contribution in [1.29, 1.82) is 0 Å². The zero-order valence-corrected chi connectivity index (χ0v) is 31.2. The van der Waals surface area contributed by atoms with E-state index >= 15 is 0 Å². The van der Waals surface area contributed by atoms with E-state index < -0.39 is 0 Å². The molecule has 0 aromatic heterocycles. The minimum atomic E-state index is 0.569. The first-order valence-electron chi connectivity index (χ1n) is 17.4. The van der Waals surface area contributed by atoms with Gasteiger partial charge in [0.2, 0.25) is 0 Å². The summed E-state index contributed by atoms with van der Waals surface area (Å²) in [5.74, 6) is 0. The second kappa shape index (κ2) is 22.8. The summed E-state index contributed by atoms with van der Waals surface area (Å²) in [6.45, 7) is 8.99. The Morgan fingerprint density at radius 3 is 1.77 bits per heavy atom. The van der Waals surface area contributed by atoms with Gasteiger partial charge in [0, 0.05) is 6.21 Å². The molecule has 4 aromatic carbocycles. The predicted octanol–water partition coefficient (Wildman–Crippen LogP) is 14.1. The third-order valence-electron chi connectivity index (χ3n) is 8.35. The van der Waals surface area contributed by atoms with E-state index in [-0.39, 0.29) is 0 Å². The van der Waals surface area contributed by atoms with Gasteiger partial charge in [0.05, 0.1) is 17.1 Å². The molecule has 4 aromatic rings. The molecule has 5 heteroatoms. The van der Waals surface area contributed by atoms with Crippen molar-refractivity contribution < 1.29 is 12.7 Å². The molecule has 0 saturated heterocycles. The van der Waals surface area contributed by atoms with Crippen LogP contribution < -0.4 is 0 Å². The van der Waals surface area contributed by atoms with Crippen molar-refractivity contribution in [2.75, 3.05) is 0 Å². The normalized spacial score (nSPS) is 11.6. The third-order valence-corrected chi connectivity index (χ3v) is 8.35. The predicted molar refractivity (Wildman–Crippen MR) is 206 cm³/mol. The quantitative estimate of drug-likeness (QED) is 0.0591. The third kappa shape index (κ3) is 13.4. The second-order valence-electron chi connectivity index (χ2n) is 12.0. The zero-order valence-electron chi connectivity index (χ0n) is 28.7. The first-order valence-corrected chi connectivity index (χ1v) is 20.1. The van der Waals surface area contributed by atoms with E-state index in [1.807, 2.05) is 6.21 Å². The van der Waals surface area contributed by atoms with Gasteiger partial charge in [-0.2, -0.15) is 0 Å². The monoisotopic (exact) mass is 712 g/mol. The molecule has 0 aliphatic carbocycles. The minimum absolute atomic E-state index is 0.569. The Balaban J connectivity index is 0.00000192. The molecule has 0 fully saturated rings. The SMILES string of the molecule is CCCCCCc1cc(N=CC(CC)=Nc2cc(CCCC)cc(-c3ccccc3)c2)cc(CCCC)c1-c1ccccc1.[Cl][Ni][Cl]. The van der Waals surface area contributed by atoms with Crippen molar-refractivity contribution in [2.45, 2.75) is 105 Å². The summed E-state index contributed by atoms with van der Waals surface area (Å²) in [6.07, 6.45) is 15.9. The molecule has 0 heterocycles. The van der Waals surface area contributed by atoms with Crippen molar-refractivity contribution in [3.05, 3.63) is 108 Å². The van der Waals surface area contributed by atoms with E-state index in [9.17, 15) is 0 Å². The van der Waals surface area contributed by atoms with E-state index in [2.05, 4.69) is 119 Å². The van der Waals surface area contributed by atoms with Crippen molar-refractivity contribution in [3.8, 4) is 22.3 Å². The molecule has 4 rings (SSSR count). The number of benzene rings is 4. The van der Waals surface area contributed by atoms with Crippen molar-refractivity contribution in [2.24, 2.45) is 9.98 Å². The Morgan fingerprint density at radius 1 is 0.596 bits per heavy atom. The Kier molecular flexibility index (Phi) is 18.8. The fourth-order valence-electron chi connectivity index (χ4n) is 5.88. The number of rotatable bonds is 17. The van der Waals surface area contributed by atoms with E-state index in [4.69, 9.17) is 30.4 Å². The van der Waals surface area contributed by atoms with E-state index in [0.717, 1.165) is 42.8 Å². The molecule has 0 radical (unpaired) electrons. The van der Waals surface area contributed by atoms with E-state index in [1.165, 1.54) is 90.3 Å². The van der Waals surface area contributed by atoms with Crippen LogP contribution in [0.25, 0.3) is 22.3 Å². The molecule has 0 aliphatic rings. The molecule has 2 nitrogen and oxygen atoms in total. The summed E-state index contributed by atoms with van der Waals surface area (Å²) in [5.41, 5.74) is 12.5. The van der Waals surface area contributed by atoms with Crippen molar-refractivity contribution in [1.82, 2.24) is 0 Å². The van der Waals surface area contributed by atoms with Gasteiger partial charge < -0.3 is 0 Å². The van der Waals surface area contributed by atoms with Crippen LogP contribution >= 0.6 is 20.4 Å². The topological polar surface area (TPSA) is 24.7 Å². The van der Waals surface area contributed by atoms with Crippen LogP contribution in [0.1, 0.15) is 102 Å². The van der Waals surface area contributed by atoms with Crippen molar-refractivity contribution in [3.63, 3.8) is 0 Å². The number of nitrogens with zero attached hydrogens (tertiary/aromatic N) is 2. The molecule has 0 spiro atoms. The fourth-order valence-corrected chi connectivity index (χ4v) is 5.88. The summed E-state index contributed by atoms with van der Waals surface area (Å²) in [4.78, 5) is 10.2. The maximum atomic E-state index is 5.14. The van der Waals surface area contributed by atoms with Crippen molar-refractivity contribution >= 4 is 43.7 Å². The molecule has 0 N–H and O–H groups in total. The molecule has 0 atom stereocenters. The summed E-state index contributed by atoms with van der Waals surface area (Å²) in [7, 11) is 9.40. The number of aliphatic imine (C=N–C) groups is 2. The van der Waals surface area contributed by atoms with Gasteiger partial charge in [-0.15, -0.1) is 0 Å². The van der Waals surface area contributed by atoms with Gasteiger partial charge >= 0.3 is 33.0 Å². The molecule has 0 saturated carbocycles. The van der Waals surface area contributed by atoms with Crippen LogP contribution in [-0.2, 0) is 31.9 Å². The Hall–Kier alpha value is -2.71. The Bertz CT molecular complexity index is 1520. The summed E-state index contributed by atoms with van der Waals surface area (Å²) in [5, 5.41) is 0. The summed E-state index contributed by atoms with van der Waals surface area (Å²) in [6, 6.07) is 33.1. The number of hydrogen-bond donors (Lipinski definition) is 0. The van der Waals surface area contributed by atoms with Gasteiger partial charge in [-0.25, -0.2) is 0 Å². The molecule has 254 valence electrons. The van der Waals surface area contributed by atoms with E-state index in [1.54, 1.807) is 0 Å². The first-order chi connectivity index (χ1) is 23.1. The second-order valence-corrected chi connectivity index (χ2v) is 13.7. The van der Waals surface area contributed by atoms with Gasteiger partial charge in [-0.3, -0.25) is 9.98 Å². The van der Waals surface area contributed by atoms with E-state index in [0.29, 0.717) is 12.7 Å². The number of hydrogen-bond acceptors (Lipinski definition) is 2. The van der Waals surface area contributed by atoms with Gasteiger partial charge in [0.1, 0.15) is 0 Å². The first kappa shape index (κ1) is 38.7.